The number of piperidine rings is 1. The maximum absolute atomic E-state index is 12.8. The van der Waals surface area contributed by atoms with Crippen LogP contribution in [0.2, 0.25) is 0 Å². The number of amides is 1. The van der Waals surface area contributed by atoms with Gasteiger partial charge < -0.3 is 9.80 Å². The smallest absolute Gasteiger partial charge is 0.253 e. The van der Waals surface area contributed by atoms with E-state index in [4.69, 9.17) is 0 Å². The van der Waals surface area contributed by atoms with Crippen molar-refractivity contribution >= 4 is 11.9 Å². The second-order valence-corrected chi connectivity index (χ2v) is 6.79. The molecule has 2 saturated heterocycles. The summed E-state index contributed by atoms with van der Waals surface area (Å²) < 4.78 is 0. The van der Waals surface area contributed by atoms with Crippen molar-refractivity contribution in [3.63, 3.8) is 0 Å². The Morgan fingerprint density at radius 3 is 2.58 bits per heavy atom. The summed E-state index contributed by atoms with van der Waals surface area (Å²) in [6, 6.07) is 5.43. The molecule has 24 heavy (non-hydrogen) atoms. The van der Waals surface area contributed by atoms with E-state index < -0.39 is 0 Å². The molecule has 2 aliphatic rings. The molecule has 0 aromatic carbocycles. The fraction of sp³-hybridized carbons (Fsp3) is 0.444. The summed E-state index contributed by atoms with van der Waals surface area (Å²) in [6.07, 6.45) is 10.2. The van der Waals surface area contributed by atoms with Gasteiger partial charge in [0, 0.05) is 61.9 Å². The van der Waals surface area contributed by atoms with Crippen LogP contribution < -0.4 is 4.90 Å². The molecule has 4 heterocycles. The van der Waals surface area contributed by atoms with E-state index in [1.54, 1.807) is 36.9 Å². The molecule has 2 fully saturated rings. The Hall–Kier alpha value is -2.50. The quantitative estimate of drug-likeness (QED) is 0.846. The number of aromatic nitrogens is 3. The Morgan fingerprint density at radius 2 is 1.79 bits per heavy atom. The first kappa shape index (κ1) is 15.1. The van der Waals surface area contributed by atoms with E-state index in [1.807, 2.05) is 11.0 Å². The van der Waals surface area contributed by atoms with Crippen molar-refractivity contribution in [1.29, 1.82) is 0 Å². The molecule has 6 nitrogen and oxygen atoms in total. The lowest BCUT2D eigenvalue weighted by molar-refractivity contribution is 0.0556. The Kier molecular flexibility index (Phi) is 3.88. The highest BCUT2D eigenvalue weighted by Crippen LogP contribution is 2.40. The average molecular weight is 323 g/mol. The first-order chi connectivity index (χ1) is 11.8. The monoisotopic (exact) mass is 323 g/mol. The molecular formula is C18H21N5O. The van der Waals surface area contributed by atoms with Crippen LogP contribution in [0.25, 0.3) is 0 Å². The molecule has 0 unspecified atom stereocenters. The molecular weight excluding hydrogens is 302 g/mol. The van der Waals surface area contributed by atoms with Gasteiger partial charge in [0.15, 0.2) is 0 Å². The summed E-state index contributed by atoms with van der Waals surface area (Å²) >= 11 is 0. The first-order valence-electron chi connectivity index (χ1n) is 8.47. The van der Waals surface area contributed by atoms with Crippen LogP contribution in [0.4, 0.5) is 5.95 Å². The van der Waals surface area contributed by atoms with Crippen LogP contribution >= 0.6 is 0 Å². The lowest BCUT2D eigenvalue weighted by atomic mass is 9.79. The summed E-state index contributed by atoms with van der Waals surface area (Å²) in [5.41, 5.74) is 0.892. The van der Waals surface area contributed by atoms with Crippen molar-refractivity contribution in [3.05, 3.63) is 48.5 Å². The van der Waals surface area contributed by atoms with Crippen LogP contribution in [0.15, 0.2) is 43.0 Å². The summed E-state index contributed by atoms with van der Waals surface area (Å²) in [5.74, 6) is 0.915. The summed E-state index contributed by atoms with van der Waals surface area (Å²) in [4.78, 5) is 29.7. The van der Waals surface area contributed by atoms with Gasteiger partial charge in [0.1, 0.15) is 0 Å². The largest absolute Gasteiger partial charge is 0.340 e. The first-order valence-corrected chi connectivity index (χ1v) is 8.47. The van der Waals surface area contributed by atoms with E-state index in [0.717, 1.165) is 57.0 Å². The van der Waals surface area contributed by atoms with Crippen LogP contribution in [-0.2, 0) is 0 Å². The number of hydrogen-bond acceptors (Lipinski definition) is 5. The van der Waals surface area contributed by atoms with Crippen LogP contribution in [0.5, 0.6) is 0 Å². The van der Waals surface area contributed by atoms with Gasteiger partial charge in [-0.15, -0.1) is 0 Å². The fourth-order valence-corrected chi connectivity index (χ4v) is 3.95. The molecule has 0 aliphatic carbocycles. The van der Waals surface area contributed by atoms with Crippen LogP contribution in [0.1, 0.15) is 29.6 Å². The highest BCUT2D eigenvalue weighted by atomic mass is 16.2. The highest BCUT2D eigenvalue weighted by molar-refractivity contribution is 5.94. The molecule has 0 bridgehead atoms. The van der Waals surface area contributed by atoms with Gasteiger partial charge in [0.2, 0.25) is 5.95 Å². The van der Waals surface area contributed by atoms with Gasteiger partial charge in [0.05, 0.1) is 0 Å². The lowest BCUT2D eigenvalue weighted by Gasteiger charge is -2.40. The van der Waals surface area contributed by atoms with E-state index in [-0.39, 0.29) is 11.3 Å². The van der Waals surface area contributed by atoms with Crippen LogP contribution in [0, 0.1) is 5.41 Å². The fourth-order valence-electron chi connectivity index (χ4n) is 3.95. The van der Waals surface area contributed by atoms with Crippen LogP contribution in [0.3, 0.4) is 0 Å². The standard InChI is InChI=1S/C18H21N5O/c24-16(15-3-9-19-10-4-15)22-11-1-5-18(13-22)6-12-23(14-18)17-20-7-2-8-21-17/h2-4,7-10H,1,5-6,11-14H2/t18-/m1/s1. The maximum atomic E-state index is 12.8. The highest BCUT2D eigenvalue weighted by Gasteiger charge is 2.43. The molecule has 1 atom stereocenters. The summed E-state index contributed by atoms with van der Waals surface area (Å²) in [5, 5.41) is 0. The van der Waals surface area contributed by atoms with E-state index in [1.165, 1.54) is 0 Å². The molecule has 2 aromatic rings. The zero-order valence-electron chi connectivity index (χ0n) is 13.6. The Bertz CT molecular complexity index is 708. The third kappa shape index (κ3) is 2.84. The lowest BCUT2D eigenvalue weighted by Crippen LogP contribution is -2.47. The molecule has 0 N–H and O–H groups in total. The molecule has 1 amide bonds. The molecule has 2 aromatic heterocycles. The van der Waals surface area contributed by atoms with Gasteiger partial charge in [0.25, 0.3) is 5.91 Å². The van der Waals surface area contributed by atoms with Gasteiger partial charge in [-0.3, -0.25) is 9.78 Å². The molecule has 1 spiro atoms. The molecule has 2 aliphatic heterocycles. The second kappa shape index (κ2) is 6.19. The zero-order chi connectivity index (χ0) is 16.4. The van der Waals surface area contributed by atoms with Gasteiger partial charge in [-0.25, -0.2) is 9.97 Å². The minimum atomic E-state index is 0.117. The minimum Gasteiger partial charge on any atom is -0.340 e. The molecule has 0 radical (unpaired) electrons. The van der Waals surface area contributed by atoms with Gasteiger partial charge in [-0.2, -0.15) is 0 Å². The number of nitrogens with zero attached hydrogens (tertiary/aromatic N) is 5. The molecule has 6 heteroatoms. The summed E-state index contributed by atoms with van der Waals surface area (Å²) in [6.45, 7) is 3.54. The van der Waals surface area contributed by atoms with Gasteiger partial charge in [-0.05, 0) is 37.5 Å². The maximum Gasteiger partial charge on any atom is 0.253 e. The number of likely N-dealkylation sites (tertiary alicyclic amines) is 1. The van der Waals surface area contributed by atoms with Crippen molar-refractivity contribution in [1.82, 2.24) is 19.9 Å². The van der Waals surface area contributed by atoms with E-state index in [2.05, 4.69) is 19.9 Å². The Labute approximate surface area is 141 Å². The topological polar surface area (TPSA) is 62.2 Å². The van der Waals surface area contributed by atoms with Crippen molar-refractivity contribution in [3.8, 4) is 0 Å². The van der Waals surface area contributed by atoms with Crippen LogP contribution in [-0.4, -0.2) is 51.9 Å². The van der Waals surface area contributed by atoms with Crippen molar-refractivity contribution in [2.45, 2.75) is 19.3 Å². The van der Waals surface area contributed by atoms with E-state index in [9.17, 15) is 4.79 Å². The van der Waals surface area contributed by atoms with Crippen molar-refractivity contribution in [2.75, 3.05) is 31.1 Å². The number of rotatable bonds is 2. The van der Waals surface area contributed by atoms with Crippen molar-refractivity contribution < 1.29 is 4.79 Å². The third-order valence-electron chi connectivity index (χ3n) is 5.15. The van der Waals surface area contributed by atoms with Crippen molar-refractivity contribution in [2.24, 2.45) is 5.41 Å². The molecule has 124 valence electrons. The Morgan fingerprint density at radius 1 is 1.00 bits per heavy atom. The second-order valence-electron chi connectivity index (χ2n) is 6.79. The van der Waals surface area contributed by atoms with E-state index in [0.29, 0.717) is 0 Å². The molecule has 0 saturated carbocycles. The van der Waals surface area contributed by atoms with Gasteiger partial charge >= 0.3 is 0 Å². The SMILES string of the molecule is O=C(c1ccncc1)N1CCC[C@@]2(CCN(c3ncccn3)C2)C1. The van der Waals surface area contributed by atoms with E-state index >= 15 is 0 Å². The summed E-state index contributed by atoms with van der Waals surface area (Å²) in [7, 11) is 0. The number of hydrogen-bond donors (Lipinski definition) is 0. The third-order valence-corrected chi connectivity index (χ3v) is 5.15. The zero-order valence-corrected chi connectivity index (χ0v) is 13.6. The normalized spacial score (nSPS) is 23.7. The Balaban J connectivity index is 1.48. The predicted molar refractivity (Wildman–Crippen MR) is 90.7 cm³/mol. The van der Waals surface area contributed by atoms with Gasteiger partial charge in [-0.1, -0.05) is 0 Å². The number of anilines is 1. The molecule has 4 rings (SSSR count). The minimum absolute atomic E-state index is 0.117. The average Bonchev–Trinajstić information content (AvgIpc) is 3.06. The number of carbonyl (C=O) groups is 1. The number of pyridine rings is 1. The number of carbonyl (C=O) groups excluding carboxylic acids is 1. The predicted octanol–water partition coefficient (Wildman–Crippen LogP) is 2.00.